The minimum atomic E-state index is 0.551. The van der Waals surface area contributed by atoms with Crippen molar-refractivity contribution in [1.29, 1.82) is 0 Å². The highest BCUT2D eigenvalue weighted by molar-refractivity contribution is 5.75. The number of rotatable bonds is 3. The van der Waals surface area contributed by atoms with E-state index in [0.717, 1.165) is 23.5 Å². The minimum absolute atomic E-state index is 0.551. The maximum atomic E-state index is 5.49. The van der Waals surface area contributed by atoms with Crippen LogP contribution in [0.25, 0.3) is 11.1 Å². The second-order valence-electron chi connectivity index (χ2n) is 5.52. The van der Waals surface area contributed by atoms with Crippen molar-refractivity contribution >= 4 is 5.69 Å². The first-order chi connectivity index (χ1) is 10.2. The van der Waals surface area contributed by atoms with Crippen molar-refractivity contribution < 1.29 is 9.47 Å². The molecule has 1 heterocycles. The number of hydrogen-bond acceptors (Lipinski definition) is 3. The molecule has 3 rings (SSSR count). The first-order valence-corrected chi connectivity index (χ1v) is 7.33. The first-order valence-electron chi connectivity index (χ1n) is 7.33. The van der Waals surface area contributed by atoms with Crippen molar-refractivity contribution in [2.75, 3.05) is 19.5 Å². The molecule has 2 aromatic rings. The third-order valence-corrected chi connectivity index (χ3v) is 4.07. The fourth-order valence-corrected chi connectivity index (χ4v) is 2.86. The van der Waals surface area contributed by atoms with Gasteiger partial charge in [0.15, 0.2) is 0 Å². The van der Waals surface area contributed by atoms with Gasteiger partial charge in [0.05, 0.1) is 14.2 Å². The predicted molar refractivity (Wildman–Crippen MR) is 86.4 cm³/mol. The number of methoxy groups -OCH3 is 2. The Morgan fingerprint density at radius 2 is 1.90 bits per heavy atom. The van der Waals surface area contributed by atoms with Gasteiger partial charge in [-0.1, -0.05) is 6.07 Å². The van der Waals surface area contributed by atoms with Crippen LogP contribution < -0.4 is 14.8 Å². The van der Waals surface area contributed by atoms with Gasteiger partial charge in [-0.25, -0.2) is 0 Å². The van der Waals surface area contributed by atoms with E-state index in [4.69, 9.17) is 9.47 Å². The van der Waals surface area contributed by atoms with Gasteiger partial charge in [0.2, 0.25) is 0 Å². The van der Waals surface area contributed by atoms with Crippen LogP contribution in [-0.2, 0) is 6.42 Å². The summed E-state index contributed by atoms with van der Waals surface area (Å²) in [5.41, 5.74) is 4.86. The van der Waals surface area contributed by atoms with Gasteiger partial charge in [-0.15, -0.1) is 0 Å². The number of hydrogen-bond donors (Lipinski definition) is 1. The largest absolute Gasteiger partial charge is 0.497 e. The molecule has 3 heteroatoms. The minimum Gasteiger partial charge on any atom is -0.497 e. The van der Waals surface area contributed by atoms with Crippen LogP contribution in [0.1, 0.15) is 18.9 Å². The van der Waals surface area contributed by atoms with E-state index in [9.17, 15) is 0 Å². The fourth-order valence-electron chi connectivity index (χ4n) is 2.86. The van der Waals surface area contributed by atoms with Gasteiger partial charge in [-0.05, 0) is 61.2 Å². The van der Waals surface area contributed by atoms with Crippen LogP contribution in [0.15, 0.2) is 36.4 Å². The zero-order valence-electron chi connectivity index (χ0n) is 12.8. The molecule has 110 valence electrons. The van der Waals surface area contributed by atoms with Crippen LogP contribution in [-0.4, -0.2) is 20.3 Å². The lowest BCUT2D eigenvalue weighted by Crippen LogP contribution is -2.21. The van der Waals surface area contributed by atoms with Gasteiger partial charge in [-0.2, -0.15) is 0 Å². The van der Waals surface area contributed by atoms with Crippen LogP contribution in [0.3, 0.4) is 0 Å². The Morgan fingerprint density at radius 3 is 2.67 bits per heavy atom. The highest BCUT2D eigenvalue weighted by atomic mass is 16.5. The number of fused-ring (bicyclic) bond motifs is 1. The molecule has 0 aromatic heterocycles. The highest BCUT2D eigenvalue weighted by Crippen LogP contribution is 2.36. The predicted octanol–water partition coefficient (Wildman–Crippen LogP) is 4.12. The van der Waals surface area contributed by atoms with E-state index in [1.165, 1.54) is 23.2 Å². The lowest BCUT2D eigenvalue weighted by Gasteiger charge is -2.24. The summed E-state index contributed by atoms with van der Waals surface area (Å²) >= 11 is 0. The molecule has 1 unspecified atom stereocenters. The molecule has 1 atom stereocenters. The molecular weight excluding hydrogens is 262 g/mol. The summed E-state index contributed by atoms with van der Waals surface area (Å²) in [7, 11) is 3.39. The molecular formula is C18H21NO2. The number of anilines is 1. The summed E-state index contributed by atoms with van der Waals surface area (Å²) in [6, 6.07) is 13.0. The van der Waals surface area contributed by atoms with Gasteiger partial charge < -0.3 is 14.8 Å². The zero-order chi connectivity index (χ0) is 14.8. The molecule has 0 radical (unpaired) electrons. The lowest BCUT2D eigenvalue weighted by molar-refractivity contribution is 0.404. The van der Waals surface area contributed by atoms with E-state index >= 15 is 0 Å². The van der Waals surface area contributed by atoms with Crippen molar-refractivity contribution in [1.82, 2.24) is 0 Å². The van der Waals surface area contributed by atoms with Crippen molar-refractivity contribution in [2.45, 2.75) is 25.8 Å². The van der Waals surface area contributed by atoms with Crippen LogP contribution in [0.4, 0.5) is 5.69 Å². The van der Waals surface area contributed by atoms with E-state index in [-0.39, 0.29) is 0 Å². The Kier molecular flexibility index (Phi) is 3.74. The Hall–Kier alpha value is -2.16. The Bertz CT molecular complexity index is 652. The molecule has 0 spiro atoms. The molecule has 0 aliphatic carbocycles. The van der Waals surface area contributed by atoms with Crippen LogP contribution in [0.5, 0.6) is 11.5 Å². The van der Waals surface area contributed by atoms with E-state index in [0.29, 0.717) is 6.04 Å². The van der Waals surface area contributed by atoms with Crippen LogP contribution in [0, 0.1) is 0 Å². The maximum absolute atomic E-state index is 5.49. The Morgan fingerprint density at radius 1 is 1.05 bits per heavy atom. The summed E-state index contributed by atoms with van der Waals surface area (Å²) in [6.45, 7) is 2.22. The molecule has 0 bridgehead atoms. The van der Waals surface area contributed by atoms with Crippen molar-refractivity contribution in [3.63, 3.8) is 0 Å². The smallest absolute Gasteiger partial charge is 0.126 e. The molecule has 3 nitrogen and oxygen atoms in total. The van der Waals surface area contributed by atoms with Crippen molar-refractivity contribution in [3.05, 3.63) is 42.0 Å². The number of ether oxygens (including phenoxy) is 2. The average molecular weight is 283 g/mol. The molecule has 21 heavy (non-hydrogen) atoms. The molecule has 0 fully saturated rings. The normalized spacial score (nSPS) is 16.8. The van der Waals surface area contributed by atoms with Gasteiger partial charge in [-0.3, -0.25) is 0 Å². The van der Waals surface area contributed by atoms with Gasteiger partial charge in [0, 0.05) is 17.3 Å². The monoisotopic (exact) mass is 283 g/mol. The molecule has 1 N–H and O–H groups in total. The van der Waals surface area contributed by atoms with E-state index < -0.39 is 0 Å². The second kappa shape index (κ2) is 5.68. The summed E-state index contributed by atoms with van der Waals surface area (Å²) in [4.78, 5) is 0. The van der Waals surface area contributed by atoms with Gasteiger partial charge >= 0.3 is 0 Å². The molecule has 0 saturated carbocycles. The molecule has 2 aromatic carbocycles. The average Bonchev–Trinajstić information content (AvgIpc) is 2.53. The van der Waals surface area contributed by atoms with Crippen LogP contribution in [0.2, 0.25) is 0 Å². The Balaban J connectivity index is 2.04. The zero-order valence-corrected chi connectivity index (χ0v) is 12.8. The fraction of sp³-hybridized carbons (Fsp3) is 0.333. The molecule has 0 saturated heterocycles. The molecule has 1 aliphatic heterocycles. The van der Waals surface area contributed by atoms with E-state index in [2.05, 4.69) is 30.4 Å². The first kappa shape index (κ1) is 13.8. The summed E-state index contributed by atoms with van der Waals surface area (Å²) in [5, 5.41) is 3.53. The molecule has 0 amide bonds. The third-order valence-electron chi connectivity index (χ3n) is 4.07. The summed E-state index contributed by atoms with van der Waals surface area (Å²) < 4.78 is 10.8. The lowest BCUT2D eigenvalue weighted by atomic mass is 9.94. The quantitative estimate of drug-likeness (QED) is 0.919. The third kappa shape index (κ3) is 2.68. The SMILES string of the molecule is COc1ccc(OC)c(-c2ccc3c(c2)CCC(C)N3)c1. The second-order valence-corrected chi connectivity index (χ2v) is 5.52. The Labute approximate surface area is 125 Å². The maximum Gasteiger partial charge on any atom is 0.126 e. The number of aryl methyl sites for hydroxylation is 1. The highest BCUT2D eigenvalue weighted by Gasteiger charge is 2.16. The topological polar surface area (TPSA) is 30.5 Å². The number of benzene rings is 2. The summed E-state index contributed by atoms with van der Waals surface area (Å²) in [5.74, 6) is 1.71. The van der Waals surface area contributed by atoms with Gasteiger partial charge in [0.1, 0.15) is 11.5 Å². The molecule has 1 aliphatic rings. The van der Waals surface area contributed by atoms with Crippen LogP contribution >= 0.6 is 0 Å². The standard InChI is InChI=1S/C18H21NO2/c1-12-4-5-14-10-13(6-8-17(14)19-12)16-11-15(20-2)7-9-18(16)21-3/h6-12,19H,4-5H2,1-3H3. The van der Waals surface area contributed by atoms with E-state index in [1.807, 2.05) is 18.2 Å². The van der Waals surface area contributed by atoms with E-state index in [1.54, 1.807) is 14.2 Å². The number of nitrogens with one attached hydrogen (secondary N) is 1. The van der Waals surface area contributed by atoms with Crippen molar-refractivity contribution in [3.8, 4) is 22.6 Å². The van der Waals surface area contributed by atoms with Crippen molar-refractivity contribution in [2.24, 2.45) is 0 Å². The summed E-state index contributed by atoms with van der Waals surface area (Å²) in [6.07, 6.45) is 2.29. The van der Waals surface area contributed by atoms with Gasteiger partial charge in [0.25, 0.3) is 0 Å².